The number of halogens is 1. The van der Waals surface area contributed by atoms with E-state index in [9.17, 15) is 9.18 Å². The number of hydrogen-bond acceptors (Lipinski definition) is 2. The van der Waals surface area contributed by atoms with Crippen molar-refractivity contribution in [2.75, 3.05) is 11.4 Å². The highest BCUT2D eigenvalue weighted by Gasteiger charge is 2.21. The van der Waals surface area contributed by atoms with E-state index in [1.807, 2.05) is 0 Å². The van der Waals surface area contributed by atoms with Gasteiger partial charge in [0.25, 0.3) is 0 Å². The molecule has 0 saturated carbocycles. The Bertz CT molecular complexity index is 430. The standard InChI is InChI=1S/C14H18FNO/c1-10-5-3-4-8-16(10)14-7-6-12(11(2)17)9-13(14)15/h6-7,9-10H,3-5,8H2,1-2H3. The number of Topliss-reactive ketones (excluding diaryl/α,β-unsaturated/α-hetero) is 1. The SMILES string of the molecule is CC(=O)c1ccc(N2CCCCC2C)c(F)c1. The normalized spacial score (nSPS) is 20.4. The zero-order valence-corrected chi connectivity index (χ0v) is 10.4. The Morgan fingerprint density at radius 2 is 2.18 bits per heavy atom. The Morgan fingerprint density at radius 1 is 1.41 bits per heavy atom. The lowest BCUT2D eigenvalue weighted by molar-refractivity contribution is 0.101. The molecule has 2 rings (SSSR count). The first kappa shape index (κ1) is 12.1. The van der Waals surface area contributed by atoms with Gasteiger partial charge in [0, 0.05) is 18.2 Å². The Morgan fingerprint density at radius 3 is 2.76 bits per heavy atom. The van der Waals surface area contributed by atoms with Crippen LogP contribution in [0.5, 0.6) is 0 Å². The first-order valence-corrected chi connectivity index (χ1v) is 6.16. The van der Waals surface area contributed by atoms with E-state index < -0.39 is 0 Å². The van der Waals surface area contributed by atoms with Crippen LogP contribution in [0.3, 0.4) is 0 Å². The minimum atomic E-state index is -0.286. The Hall–Kier alpha value is -1.38. The summed E-state index contributed by atoms with van der Waals surface area (Å²) in [7, 11) is 0. The van der Waals surface area contributed by atoms with Crippen molar-refractivity contribution in [2.45, 2.75) is 39.2 Å². The van der Waals surface area contributed by atoms with E-state index in [2.05, 4.69) is 11.8 Å². The molecule has 0 amide bonds. The van der Waals surface area contributed by atoms with Crippen LogP contribution in [0.1, 0.15) is 43.5 Å². The van der Waals surface area contributed by atoms with Crippen LogP contribution in [0.2, 0.25) is 0 Å². The fourth-order valence-corrected chi connectivity index (χ4v) is 2.41. The lowest BCUT2D eigenvalue weighted by Gasteiger charge is -2.35. The van der Waals surface area contributed by atoms with E-state index in [4.69, 9.17) is 0 Å². The summed E-state index contributed by atoms with van der Waals surface area (Å²) in [6.07, 6.45) is 3.43. The number of anilines is 1. The first-order valence-electron chi connectivity index (χ1n) is 6.16. The van der Waals surface area contributed by atoms with Crippen molar-refractivity contribution in [3.8, 4) is 0 Å². The molecule has 1 aliphatic rings. The van der Waals surface area contributed by atoms with Gasteiger partial charge in [0.15, 0.2) is 5.78 Å². The molecule has 0 bridgehead atoms. The summed E-state index contributed by atoms with van der Waals surface area (Å²) >= 11 is 0. The predicted molar refractivity (Wildman–Crippen MR) is 67.1 cm³/mol. The summed E-state index contributed by atoms with van der Waals surface area (Å²) in [4.78, 5) is 13.3. The van der Waals surface area contributed by atoms with E-state index in [0.29, 0.717) is 17.3 Å². The summed E-state index contributed by atoms with van der Waals surface area (Å²) < 4.78 is 14.0. The molecule has 3 heteroatoms. The molecule has 92 valence electrons. The third kappa shape index (κ3) is 2.48. The highest BCUT2D eigenvalue weighted by atomic mass is 19.1. The topological polar surface area (TPSA) is 20.3 Å². The second-order valence-corrected chi connectivity index (χ2v) is 4.76. The molecular weight excluding hydrogens is 217 g/mol. The number of nitrogens with zero attached hydrogens (tertiary/aromatic N) is 1. The molecule has 1 saturated heterocycles. The molecule has 17 heavy (non-hydrogen) atoms. The zero-order valence-electron chi connectivity index (χ0n) is 10.4. The van der Waals surface area contributed by atoms with E-state index in [-0.39, 0.29) is 11.6 Å². The molecule has 1 unspecified atom stereocenters. The van der Waals surface area contributed by atoms with Gasteiger partial charge in [-0.3, -0.25) is 4.79 Å². The van der Waals surface area contributed by atoms with Crippen molar-refractivity contribution in [1.29, 1.82) is 0 Å². The fourth-order valence-electron chi connectivity index (χ4n) is 2.41. The maximum atomic E-state index is 14.0. The lowest BCUT2D eigenvalue weighted by Crippen LogP contribution is -2.38. The van der Waals surface area contributed by atoms with Crippen LogP contribution in [0, 0.1) is 5.82 Å². The van der Waals surface area contributed by atoms with Crippen molar-refractivity contribution in [3.63, 3.8) is 0 Å². The molecule has 2 nitrogen and oxygen atoms in total. The highest BCUT2D eigenvalue weighted by Crippen LogP contribution is 2.27. The Labute approximate surface area is 101 Å². The van der Waals surface area contributed by atoms with Gasteiger partial charge in [0.05, 0.1) is 5.69 Å². The minimum absolute atomic E-state index is 0.0952. The molecular formula is C14H18FNO. The van der Waals surface area contributed by atoms with Crippen LogP contribution in [0.25, 0.3) is 0 Å². The molecule has 0 spiro atoms. The van der Waals surface area contributed by atoms with E-state index >= 15 is 0 Å². The van der Waals surface area contributed by atoms with Gasteiger partial charge in [-0.25, -0.2) is 4.39 Å². The second kappa shape index (κ2) is 4.86. The average molecular weight is 235 g/mol. The fraction of sp³-hybridized carbons (Fsp3) is 0.500. The van der Waals surface area contributed by atoms with Crippen molar-refractivity contribution in [2.24, 2.45) is 0 Å². The number of carbonyl (C=O) groups is 1. The van der Waals surface area contributed by atoms with Crippen LogP contribution in [-0.2, 0) is 0 Å². The van der Waals surface area contributed by atoms with Gasteiger partial charge in [0.1, 0.15) is 5.82 Å². The van der Waals surface area contributed by atoms with Gasteiger partial charge >= 0.3 is 0 Å². The summed E-state index contributed by atoms with van der Waals surface area (Å²) in [5.41, 5.74) is 1.07. The van der Waals surface area contributed by atoms with Gasteiger partial charge in [0.2, 0.25) is 0 Å². The third-order valence-electron chi connectivity index (χ3n) is 3.47. The van der Waals surface area contributed by atoms with Crippen LogP contribution >= 0.6 is 0 Å². The largest absolute Gasteiger partial charge is 0.366 e. The molecule has 1 atom stereocenters. The van der Waals surface area contributed by atoms with Crippen molar-refractivity contribution in [1.82, 2.24) is 0 Å². The van der Waals surface area contributed by atoms with E-state index in [1.54, 1.807) is 12.1 Å². The maximum Gasteiger partial charge on any atom is 0.159 e. The molecule has 1 fully saturated rings. The zero-order chi connectivity index (χ0) is 12.4. The first-order chi connectivity index (χ1) is 8.09. The summed E-state index contributed by atoms with van der Waals surface area (Å²) in [5, 5.41) is 0. The Balaban J connectivity index is 2.29. The summed E-state index contributed by atoms with van der Waals surface area (Å²) in [5.74, 6) is -0.381. The van der Waals surface area contributed by atoms with Crippen LogP contribution in [-0.4, -0.2) is 18.4 Å². The average Bonchev–Trinajstić information content (AvgIpc) is 2.30. The van der Waals surface area contributed by atoms with Gasteiger partial charge in [-0.05, 0) is 51.3 Å². The molecule has 0 radical (unpaired) electrons. The number of ketones is 1. The minimum Gasteiger partial charge on any atom is -0.366 e. The number of piperidine rings is 1. The van der Waals surface area contributed by atoms with E-state index in [0.717, 1.165) is 19.4 Å². The van der Waals surface area contributed by atoms with Crippen LogP contribution in [0.4, 0.5) is 10.1 Å². The van der Waals surface area contributed by atoms with Gasteiger partial charge in [-0.1, -0.05) is 0 Å². The van der Waals surface area contributed by atoms with Crippen LogP contribution in [0.15, 0.2) is 18.2 Å². The molecule has 1 aliphatic heterocycles. The monoisotopic (exact) mass is 235 g/mol. The molecule has 1 heterocycles. The van der Waals surface area contributed by atoms with Crippen LogP contribution < -0.4 is 4.90 Å². The van der Waals surface area contributed by atoms with Crippen molar-refractivity contribution >= 4 is 11.5 Å². The number of benzene rings is 1. The Kier molecular flexibility index (Phi) is 3.46. The molecule has 0 N–H and O–H groups in total. The summed E-state index contributed by atoms with van der Waals surface area (Å²) in [6, 6.07) is 5.16. The maximum absolute atomic E-state index is 14.0. The number of carbonyl (C=O) groups excluding carboxylic acids is 1. The quantitative estimate of drug-likeness (QED) is 0.732. The molecule has 1 aromatic rings. The van der Waals surface area contributed by atoms with E-state index in [1.165, 1.54) is 19.4 Å². The second-order valence-electron chi connectivity index (χ2n) is 4.76. The number of hydrogen-bond donors (Lipinski definition) is 0. The molecule has 0 aliphatic carbocycles. The lowest BCUT2D eigenvalue weighted by atomic mass is 10.0. The molecule has 0 aromatic heterocycles. The smallest absolute Gasteiger partial charge is 0.159 e. The predicted octanol–water partition coefficient (Wildman–Crippen LogP) is 3.41. The highest BCUT2D eigenvalue weighted by molar-refractivity contribution is 5.94. The van der Waals surface area contributed by atoms with Gasteiger partial charge in [-0.15, -0.1) is 0 Å². The van der Waals surface area contributed by atoms with Gasteiger partial charge < -0.3 is 4.90 Å². The van der Waals surface area contributed by atoms with Crippen molar-refractivity contribution in [3.05, 3.63) is 29.6 Å². The third-order valence-corrected chi connectivity index (χ3v) is 3.47. The molecule has 1 aromatic carbocycles. The number of rotatable bonds is 2. The van der Waals surface area contributed by atoms with Gasteiger partial charge in [-0.2, -0.15) is 0 Å². The van der Waals surface area contributed by atoms with Crippen molar-refractivity contribution < 1.29 is 9.18 Å². The summed E-state index contributed by atoms with van der Waals surface area (Å²) in [6.45, 7) is 4.48.